The lowest BCUT2D eigenvalue weighted by Crippen LogP contribution is -2.32. The van der Waals surface area contributed by atoms with Gasteiger partial charge in [-0.15, -0.1) is 0 Å². The number of alkyl halides is 3. The van der Waals surface area contributed by atoms with E-state index in [9.17, 15) is 9.59 Å². The van der Waals surface area contributed by atoms with E-state index < -0.39 is 21.6 Å². The molecule has 7 heteroatoms. The Morgan fingerprint density at radius 1 is 1.12 bits per heavy atom. The fourth-order valence-corrected chi connectivity index (χ4v) is 1.46. The lowest BCUT2D eigenvalue weighted by Gasteiger charge is -2.21. The third-order valence-electron chi connectivity index (χ3n) is 1.64. The molecule has 0 N–H and O–H groups in total. The first kappa shape index (κ1) is 15.8. The first-order valence-corrected chi connectivity index (χ1v) is 5.85. The second kappa shape index (κ2) is 7.20. The normalized spacial score (nSPS) is 13.1. The van der Waals surface area contributed by atoms with Crippen molar-refractivity contribution in [3.63, 3.8) is 0 Å². The Kier molecular flexibility index (Phi) is 7.11. The number of hydrogen-bond acceptors (Lipinski definition) is 4. The quantitative estimate of drug-likeness (QED) is 0.577. The van der Waals surface area contributed by atoms with E-state index in [0.29, 0.717) is 0 Å². The number of hydrogen-bond donors (Lipinski definition) is 0. The Morgan fingerprint density at radius 2 is 1.62 bits per heavy atom. The topological polar surface area (TPSA) is 52.6 Å². The number of halogens is 3. The first-order chi connectivity index (χ1) is 7.32. The molecule has 0 saturated carbocycles. The van der Waals surface area contributed by atoms with E-state index in [-0.39, 0.29) is 19.6 Å². The second-order valence-electron chi connectivity index (χ2n) is 2.86. The SMILES string of the molecule is CCOC(=O)CC(C(=O)OCC)C(Cl)(Cl)Cl. The highest BCUT2D eigenvalue weighted by Gasteiger charge is 2.41. The molecule has 0 rings (SSSR count). The minimum absolute atomic E-state index is 0.152. The molecule has 16 heavy (non-hydrogen) atoms. The molecule has 0 aromatic heterocycles. The van der Waals surface area contributed by atoms with Gasteiger partial charge in [-0.1, -0.05) is 34.8 Å². The van der Waals surface area contributed by atoms with Crippen molar-refractivity contribution in [2.24, 2.45) is 5.92 Å². The predicted octanol–water partition coefficient (Wildman–Crippen LogP) is 2.49. The van der Waals surface area contributed by atoms with Crippen LogP contribution >= 0.6 is 34.8 Å². The van der Waals surface area contributed by atoms with Gasteiger partial charge in [0.05, 0.1) is 19.6 Å². The fraction of sp³-hybridized carbons (Fsp3) is 0.778. The van der Waals surface area contributed by atoms with E-state index in [1.165, 1.54) is 0 Å². The van der Waals surface area contributed by atoms with Gasteiger partial charge < -0.3 is 9.47 Å². The summed E-state index contributed by atoms with van der Waals surface area (Å²) in [4.78, 5) is 22.6. The summed E-state index contributed by atoms with van der Waals surface area (Å²) in [6.07, 6.45) is -0.316. The molecular weight excluding hydrogens is 278 g/mol. The van der Waals surface area contributed by atoms with Crippen LogP contribution < -0.4 is 0 Å². The van der Waals surface area contributed by atoms with Crippen molar-refractivity contribution in [2.75, 3.05) is 13.2 Å². The highest BCUT2D eigenvalue weighted by Crippen LogP contribution is 2.38. The Bertz CT molecular complexity index is 250. The summed E-state index contributed by atoms with van der Waals surface area (Å²) in [5, 5.41) is 0. The highest BCUT2D eigenvalue weighted by molar-refractivity contribution is 6.68. The predicted molar refractivity (Wildman–Crippen MR) is 61.7 cm³/mol. The molecule has 0 bridgehead atoms. The number of carbonyl (C=O) groups excluding carboxylic acids is 2. The number of esters is 2. The van der Waals surface area contributed by atoms with Crippen LogP contribution in [0.3, 0.4) is 0 Å². The van der Waals surface area contributed by atoms with Gasteiger partial charge in [-0.25, -0.2) is 0 Å². The van der Waals surface area contributed by atoms with Crippen molar-refractivity contribution in [1.29, 1.82) is 0 Å². The van der Waals surface area contributed by atoms with Crippen LogP contribution in [-0.4, -0.2) is 28.9 Å². The monoisotopic (exact) mass is 290 g/mol. The van der Waals surface area contributed by atoms with Gasteiger partial charge in [-0.05, 0) is 13.8 Å². The largest absolute Gasteiger partial charge is 0.466 e. The lowest BCUT2D eigenvalue weighted by molar-refractivity contribution is -0.154. The average molecular weight is 292 g/mol. The van der Waals surface area contributed by atoms with Crippen LogP contribution in [0.5, 0.6) is 0 Å². The van der Waals surface area contributed by atoms with Crippen molar-refractivity contribution in [1.82, 2.24) is 0 Å². The molecule has 0 spiro atoms. The molecule has 1 atom stereocenters. The van der Waals surface area contributed by atoms with Gasteiger partial charge in [0.1, 0.15) is 5.92 Å². The van der Waals surface area contributed by atoms with E-state index in [1.54, 1.807) is 13.8 Å². The maximum atomic E-state index is 11.4. The highest BCUT2D eigenvalue weighted by atomic mass is 35.6. The van der Waals surface area contributed by atoms with Crippen molar-refractivity contribution in [3.05, 3.63) is 0 Å². The summed E-state index contributed by atoms with van der Waals surface area (Å²) >= 11 is 16.8. The summed E-state index contributed by atoms with van der Waals surface area (Å²) in [5.41, 5.74) is 0. The zero-order valence-electron chi connectivity index (χ0n) is 8.97. The Hall–Kier alpha value is -0.190. The fourth-order valence-electron chi connectivity index (χ4n) is 0.962. The van der Waals surface area contributed by atoms with E-state index in [0.717, 1.165) is 0 Å². The smallest absolute Gasteiger partial charge is 0.313 e. The molecule has 0 aromatic carbocycles. The third kappa shape index (κ3) is 5.77. The second-order valence-corrected chi connectivity index (χ2v) is 5.22. The molecule has 0 aliphatic carbocycles. The van der Waals surface area contributed by atoms with E-state index >= 15 is 0 Å². The van der Waals surface area contributed by atoms with Gasteiger partial charge in [0.25, 0.3) is 0 Å². The minimum Gasteiger partial charge on any atom is -0.466 e. The number of rotatable bonds is 5. The molecule has 0 amide bonds. The molecule has 0 aliphatic rings. The Balaban J connectivity index is 4.57. The van der Waals surface area contributed by atoms with Crippen LogP contribution in [0.4, 0.5) is 0 Å². The summed E-state index contributed by atoms with van der Waals surface area (Å²) in [6, 6.07) is 0. The number of carbonyl (C=O) groups is 2. The van der Waals surface area contributed by atoms with Crippen LogP contribution in [0.15, 0.2) is 0 Å². The molecule has 0 heterocycles. The van der Waals surface area contributed by atoms with Crippen LogP contribution in [0, 0.1) is 5.92 Å². The molecular formula is C9H13Cl3O4. The molecule has 0 fully saturated rings. The molecule has 0 saturated heterocycles. The van der Waals surface area contributed by atoms with Crippen LogP contribution in [-0.2, 0) is 19.1 Å². The zero-order chi connectivity index (χ0) is 12.8. The summed E-state index contributed by atoms with van der Waals surface area (Å²) < 4.78 is 7.49. The Labute approximate surface area is 109 Å². The van der Waals surface area contributed by atoms with E-state index in [2.05, 4.69) is 4.74 Å². The van der Waals surface area contributed by atoms with Gasteiger partial charge in [-0.2, -0.15) is 0 Å². The average Bonchev–Trinajstić information content (AvgIpc) is 2.13. The van der Waals surface area contributed by atoms with E-state index in [1.807, 2.05) is 0 Å². The minimum atomic E-state index is -1.89. The van der Waals surface area contributed by atoms with Gasteiger partial charge in [0.15, 0.2) is 0 Å². The van der Waals surface area contributed by atoms with Crippen LogP contribution in [0.2, 0.25) is 0 Å². The van der Waals surface area contributed by atoms with E-state index in [4.69, 9.17) is 39.5 Å². The molecule has 0 radical (unpaired) electrons. The van der Waals surface area contributed by atoms with Crippen molar-refractivity contribution in [3.8, 4) is 0 Å². The standard InChI is InChI=1S/C9H13Cl3O4/c1-3-15-7(13)5-6(9(10,11)12)8(14)16-4-2/h6H,3-5H2,1-2H3. The van der Waals surface area contributed by atoms with Crippen LogP contribution in [0.25, 0.3) is 0 Å². The lowest BCUT2D eigenvalue weighted by atomic mass is 10.1. The molecule has 1 unspecified atom stereocenters. The molecule has 94 valence electrons. The maximum Gasteiger partial charge on any atom is 0.313 e. The van der Waals surface area contributed by atoms with Crippen molar-refractivity contribution in [2.45, 2.75) is 24.1 Å². The molecule has 4 nitrogen and oxygen atoms in total. The third-order valence-corrected chi connectivity index (χ3v) is 2.43. The Morgan fingerprint density at radius 3 is 2.00 bits per heavy atom. The molecule has 0 aromatic rings. The number of ether oxygens (including phenoxy) is 2. The van der Waals surface area contributed by atoms with Crippen LogP contribution in [0.1, 0.15) is 20.3 Å². The summed E-state index contributed by atoms with van der Waals surface area (Å²) in [6.45, 7) is 3.62. The first-order valence-electron chi connectivity index (χ1n) is 4.71. The van der Waals surface area contributed by atoms with Gasteiger partial charge in [-0.3, -0.25) is 9.59 Å². The van der Waals surface area contributed by atoms with Crippen molar-refractivity contribution < 1.29 is 19.1 Å². The summed E-state index contributed by atoms with van der Waals surface area (Å²) in [7, 11) is 0. The maximum absolute atomic E-state index is 11.4. The summed E-state index contributed by atoms with van der Waals surface area (Å²) in [5.74, 6) is -2.49. The van der Waals surface area contributed by atoms with Crippen molar-refractivity contribution >= 4 is 46.7 Å². The van der Waals surface area contributed by atoms with Gasteiger partial charge in [0.2, 0.25) is 3.79 Å². The van der Waals surface area contributed by atoms with Gasteiger partial charge in [0, 0.05) is 0 Å². The van der Waals surface area contributed by atoms with Gasteiger partial charge >= 0.3 is 11.9 Å². The zero-order valence-corrected chi connectivity index (χ0v) is 11.2. The molecule has 0 aliphatic heterocycles.